The molecule has 1 N–H and O–H groups in total. The fourth-order valence-corrected chi connectivity index (χ4v) is 5.37. The molecule has 3 nitrogen and oxygen atoms in total. The number of rotatable bonds is 7. The number of hydrogen-bond acceptors (Lipinski definition) is 3. The summed E-state index contributed by atoms with van der Waals surface area (Å²) >= 11 is 0. The lowest BCUT2D eigenvalue weighted by molar-refractivity contribution is 0.248. The molecule has 2 heterocycles. The van der Waals surface area contributed by atoms with Gasteiger partial charge in [0.1, 0.15) is 11.5 Å². The Morgan fingerprint density at radius 2 is 1.62 bits per heavy atom. The predicted octanol–water partition coefficient (Wildman–Crippen LogP) is 6.12. The van der Waals surface area contributed by atoms with E-state index in [1.807, 2.05) is 12.1 Å². The SMILES string of the molecule is Oc1ccc2c(c1)C(c1ccc(CCCCN3CCCC3)cc1)C(c1ccccc1)CO2. The average Bonchev–Trinajstić information content (AvgIpc) is 3.36. The number of hydrogen-bond donors (Lipinski definition) is 1. The molecule has 2 atom stereocenters. The highest BCUT2D eigenvalue weighted by Crippen LogP contribution is 2.46. The summed E-state index contributed by atoms with van der Waals surface area (Å²) in [5.41, 5.74) is 5.05. The van der Waals surface area contributed by atoms with Gasteiger partial charge in [0, 0.05) is 17.4 Å². The number of fused-ring (bicyclic) bond motifs is 1. The van der Waals surface area contributed by atoms with Crippen LogP contribution in [0.4, 0.5) is 0 Å². The van der Waals surface area contributed by atoms with E-state index in [4.69, 9.17) is 4.74 Å². The molecule has 1 fully saturated rings. The summed E-state index contributed by atoms with van der Waals surface area (Å²) in [5, 5.41) is 10.2. The van der Waals surface area contributed by atoms with Crippen molar-refractivity contribution in [2.75, 3.05) is 26.2 Å². The molecule has 166 valence electrons. The van der Waals surface area contributed by atoms with Crippen molar-refractivity contribution < 1.29 is 9.84 Å². The highest BCUT2D eigenvalue weighted by Gasteiger charge is 2.33. The molecule has 2 aliphatic heterocycles. The zero-order valence-corrected chi connectivity index (χ0v) is 18.7. The number of likely N-dealkylation sites (tertiary alicyclic amines) is 1. The monoisotopic (exact) mass is 427 g/mol. The lowest BCUT2D eigenvalue weighted by Crippen LogP contribution is -2.25. The van der Waals surface area contributed by atoms with Gasteiger partial charge in [0.05, 0.1) is 6.61 Å². The van der Waals surface area contributed by atoms with Crippen molar-refractivity contribution in [2.24, 2.45) is 0 Å². The van der Waals surface area contributed by atoms with Crippen LogP contribution in [-0.4, -0.2) is 36.2 Å². The average molecular weight is 428 g/mol. The van der Waals surface area contributed by atoms with Crippen LogP contribution >= 0.6 is 0 Å². The van der Waals surface area contributed by atoms with Crippen LogP contribution in [0.25, 0.3) is 0 Å². The maximum Gasteiger partial charge on any atom is 0.123 e. The first-order valence-corrected chi connectivity index (χ1v) is 12.1. The summed E-state index contributed by atoms with van der Waals surface area (Å²) < 4.78 is 6.11. The Labute approximate surface area is 191 Å². The smallest absolute Gasteiger partial charge is 0.123 e. The topological polar surface area (TPSA) is 32.7 Å². The molecule has 0 aromatic heterocycles. The largest absolute Gasteiger partial charge is 0.508 e. The molecule has 3 aromatic rings. The lowest BCUT2D eigenvalue weighted by Gasteiger charge is -2.34. The van der Waals surface area contributed by atoms with Crippen LogP contribution in [-0.2, 0) is 6.42 Å². The minimum atomic E-state index is 0.164. The third-order valence-corrected chi connectivity index (χ3v) is 7.10. The molecular formula is C29H33NO2. The van der Waals surface area contributed by atoms with Crippen LogP contribution in [0, 0.1) is 0 Å². The Morgan fingerprint density at radius 3 is 2.41 bits per heavy atom. The van der Waals surface area contributed by atoms with Gasteiger partial charge in [-0.25, -0.2) is 0 Å². The number of benzene rings is 3. The normalized spacial score (nSPS) is 20.6. The van der Waals surface area contributed by atoms with E-state index in [9.17, 15) is 5.11 Å². The van der Waals surface area contributed by atoms with Crippen LogP contribution in [0.5, 0.6) is 11.5 Å². The molecule has 0 bridgehead atoms. The van der Waals surface area contributed by atoms with Gasteiger partial charge >= 0.3 is 0 Å². The van der Waals surface area contributed by atoms with Gasteiger partial charge < -0.3 is 14.7 Å². The molecule has 2 aliphatic rings. The molecular weight excluding hydrogens is 394 g/mol. The number of ether oxygens (including phenoxy) is 1. The van der Waals surface area contributed by atoms with Gasteiger partial charge in [-0.1, -0.05) is 54.6 Å². The van der Waals surface area contributed by atoms with Crippen LogP contribution < -0.4 is 4.74 Å². The molecule has 32 heavy (non-hydrogen) atoms. The number of unbranched alkanes of at least 4 members (excludes halogenated alkanes) is 1. The molecule has 3 aromatic carbocycles. The standard InChI is InChI=1S/C29H33NO2/c31-25-15-16-28-26(20-25)29(27(21-32-28)23-9-2-1-3-10-23)24-13-11-22(12-14-24)8-4-5-17-30-18-6-7-19-30/h1-3,9-16,20,27,29,31H,4-8,17-19,21H2. The molecule has 5 rings (SSSR count). The van der Waals surface area contributed by atoms with Gasteiger partial charge in [-0.05, 0) is 86.6 Å². The van der Waals surface area contributed by atoms with Gasteiger partial charge in [-0.15, -0.1) is 0 Å². The van der Waals surface area contributed by atoms with Crippen molar-refractivity contribution in [2.45, 2.75) is 43.9 Å². The number of aromatic hydroxyl groups is 1. The third kappa shape index (κ3) is 4.68. The van der Waals surface area contributed by atoms with E-state index < -0.39 is 0 Å². The minimum absolute atomic E-state index is 0.164. The van der Waals surface area contributed by atoms with Gasteiger partial charge in [0.15, 0.2) is 0 Å². The lowest BCUT2D eigenvalue weighted by atomic mass is 9.75. The Bertz CT molecular complexity index is 1010. The van der Waals surface area contributed by atoms with Gasteiger partial charge in [-0.3, -0.25) is 0 Å². The molecule has 0 aliphatic carbocycles. The fourth-order valence-electron chi connectivity index (χ4n) is 5.37. The minimum Gasteiger partial charge on any atom is -0.508 e. The van der Waals surface area contributed by atoms with Crippen molar-refractivity contribution in [1.82, 2.24) is 4.90 Å². The maximum absolute atomic E-state index is 10.2. The Hall–Kier alpha value is -2.78. The zero-order valence-electron chi connectivity index (χ0n) is 18.7. The fraction of sp³-hybridized carbons (Fsp3) is 0.379. The molecule has 0 spiro atoms. The first-order chi connectivity index (χ1) is 15.8. The number of phenols is 1. The molecule has 0 saturated carbocycles. The van der Waals surface area contributed by atoms with E-state index in [0.717, 1.165) is 17.7 Å². The van der Waals surface area contributed by atoms with Crippen LogP contribution in [0.3, 0.4) is 0 Å². The summed E-state index contributed by atoms with van der Waals surface area (Å²) in [6.07, 6.45) is 6.42. The van der Waals surface area contributed by atoms with Crippen LogP contribution in [0.15, 0.2) is 72.8 Å². The second-order valence-corrected chi connectivity index (χ2v) is 9.28. The van der Waals surface area contributed by atoms with Crippen molar-refractivity contribution in [3.63, 3.8) is 0 Å². The van der Waals surface area contributed by atoms with E-state index >= 15 is 0 Å². The first-order valence-electron chi connectivity index (χ1n) is 12.1. The summed E-state index contributed by atoms with van der Waals surface area (Å²) in [6, 6.07) is 25.3. The molecule has 0 amide bonds. The third-order valence-electron chi connectivity index (χ3n) is 7.10. The Kier molecular flexibility index (Phi) is 6.45. The predicted molar refractivity (Wildman–Crippen MR) is 130 cm³/mol. The van der Waals surface area contributed by atoms with Gasteiger partial charge in [0.2, 0.25) is 0 Å². The molecule has 0 radical (unpaired) electrons. The molecule has 1 saturated heterocycles. The van der Waals surface area contributed by atoms with E-state index in [-0.39, 0.29) is 11.8 Å². The van der Waals surface area contributed by atoms with E-state index in [0.29, 0.717) is 12.4 Å². The first kappa shape index (κ1) is 21.1. The summed E-state index contributed by atoms with van der Waals surface area (Å²) in [5.74, 6) is 1.56. The second-order valence-electron chi connectivity index (χ2n) is 9.28. The van der Waals surface area contributed by atoms with Crippen molar-refractivity contribution in [3.05, 3.63) is 95.1 Å². The van der Waals surface area contributed by atoms with E-state index in [2.05, 4.69) is 59.5 Å². The summed E-state index contributed by atoms with van der Waals surface area (Å²) in [7, 11) is 0. The number of aryl methyl sites for hydroxylation is 1. The highest BCUT2D eigenvalue weighted by atomic mass is 16.5. The maximum atomic E-state index is 10.2. The summed E-state index contributed by atoms with van der Waals surface area (Å²) in [4.78, 5) is 2.60. The number of nitrogens with zero attached hydrogens (tertiary/aromatic N) is 1. The second kappa shape index (κ2) is 9.79. The van der Waals surface area contributed by atoms with Gasteiger partial charge in [-0.2, -0.15) is 0 Å². The Morgan fingerprint density at radius 1 is 0.844 bits per heavy atom. The van der Waals surface area contributed by atoms with E-state index in [1.165, 1.54) is 62.0 Å². The highest BCUT2D eigenvalue weighted by molar-refractivity contribution is 5.50. The van der Waals surface area contributed by atoms with Crippen molar-refractivity contribution >= 4 is 0 Å². The van der Waals surface area contributed by atoms with Crippen molar-refractivity contribution in [3.8, 4) is 11.5 Å². The molecule has 3 heteroatoms. The number of phenolic OH excluding ortho intramolecular Hbond substituents is 1. The summed E-state index contributed by atoms with van der Waals surface area (Å²) in [6.45, 7) is 4.47. The molecule has 2 unspecified atom stereocenters. The zero-order chi connectivity index (χ0) is 21.8. The van der Waals surface area contributed by atoms with Crippen molar-refractivity contribution in [1.29, 1.82) is 0 Å². The Balaban J connectivity index is 1.34. The van der Waals surface area contributed by atoms with Crippen LogP contribution in [0.1, 0.15) is 59.8 Å². The quantitative estimate of drug-likeness (QED) is 0.461. The van der Waals surface area contributed by atoms with Gasteiger partial charge in [0.25, 0.3) is 0 Å². The van der Waals surface area contributed by atoms with Crippen LogP contribution in [0.2, 0.25) is 0 Å². The van der Waals surface area contributed by atoms with E-state index in [1.54, 1.807) is 6.07 Å².